The van der Waals surface area contributed by atoms with Gasteiger partial charge in [-0.15, -0.1) is 0 Å². The SMILES string of the molecule is O=C(COC(=O)CCc1c[nH]c2ccccc12)NC1CCCCC1. The van der Waals surface area contributed by atoms with Gasteiger partial charge in [0.1, 0.15) is 0 Å². The molecule has 3 rings (SSSR count). The number of esters is 1. The monoisotopic (exact) mass is 328 g/mol. The van der Waals surface area contributed by atoms with Crippen molar-refractivity contribution in [2.45, 2.75) is 51.0 Å². The van der Waals surface area contributed by atoms with Crippen molar-refractivity contribution in [3.8, 4) is 0 Å². The molecule has 0 aliphatic heterocycles. The van der Waals surface area contributed by atoms with E-state index < -0.39 is 0 Å². The molecule has 5 heteroatoms. The fourth-order valence-electron chi connectivity index (χ4n) is 3.31. The Kier molecular flexibility index (Phi) is 5.51. The lowest BCUT2D eigenvalue weighted by molar-refractivity contribution is -0.148. The number of benzene rings is 1. The van der Waals surface area contributed by atoms with Crippen LogP contribution in [0.4, 0.5) is 0 Å². The lowest BCUT2D eigenvalue weighted by Gasteiger charge is -2.22. The number of para-hydroxylation sites is 1. The lowest BCUT2D eigenvalue weighted by Crippen LogP contribution is -2.38. The maximum atomic E-state index is 11.9. The molecule has 0 atom stereocenters. The van der Waals surface area contributed by atoms with Crippen molar-refractivity contribution in [3.63, 3.8) is 0 Å². The van der Waals surface area contributed by atoms with Gasteiger partial charge in [0, 0.05) is 29.6 Å². The van der Waals surface area contributed by atoms with Crippen molar-refractivity contribution in [3.05, 3.63) is 36.0 Å². The summed E-state index contributed by atoms with van der Waals surface area (Å²) >= 11 is 0. The third kappa shape index (κ3) is 4.37. The van der Waals surface area contributed by atoms with Gasteiger partial charge >= 0.3 is 5.97 Å². The smallest absolute Gasteiger partial charge is 0.306 e. The number of H-pyrrole nitrogens is 1. The van der Waals surface area contributed by atoms with Gasteiger partial charge in [0.15, 0.2) is 6.61 Å². The number of rotatable bonds is 6. The molecule has 0 radical (unpaired) electrons. The van der Waals surface area contributed by atoms with E-state index in [1.165, 1.54) is 6.42 Å². The minimum atomic E-state index is -0.334. The maximum absolute atomic E-state index is 11.9. The maximum Gasteiger partial charge on any atom is 0.306 e. The van der Waals surface area contributed by atoms with Crippen molar-refractivity contribution in [1.82, 2.24) is 10.3 Å². The van der Waals surface area contributed by atoms with Crippen molar-refractivity contribution in [1.29, 1.82) is 0 Å². The third-order valence-electron chi connectivity index (χ3n) is 4.61. The van der Waals surface area contributed by atoms with Gasteiger partial charge in [-0.2, -0.15) is 0 Å². The summed E-state index contributed by atoms with van der Waals surface area (Å²) in [6.45, 7) is -0.177. The van der Waals surface area contributed by atoms with Crippen LogP contribution in [0.2, 0.25) is 0 Å². The number of aromatic nitrogens is 1. The van der Waals surface area contributed by atoms with Gasteiger partial charge in [-0.1, -0.05) is 37.5 Å². The number of carbonyl (C=O) groups excluding carboxylic acids is 2. The molecule has 1 amide bonds. The van der Waals surface area contributed by atoms with E-state index in [9.17, 15) is 9.59 Å². The second kappa shape index (κ2) is 7.99. The zero-order valence-corrected chi connectivity index (χ0v) is 13.8. The quantitative estimate of drug-likeness (QED) is 0.801. The van der Waals surface area contributed by atoms with Gasteiger partial charge in [0.2, 0.25) is 0 Å². The van der Waals surface area contributed by atoms with Crippen LogP contribution in [0, 0.1) is 0 Å². The third-order valence-corrected chi connectivity index (χ3v) is 4.61. The van der Waals surface area contributed by atoms with Crippen LogP contribution in [0.25, 0.3) is 10.9 Å². The molecule has 0 saturated heterocycles. The van der Waals surface area contributed by atoms with Crippen molar-refractivity contribution in [2.24, 2.45) is 0 Å². The summed E-state index contributed by atoms with van der Waals surface area (Å²) in [7, 11) is 0. The molecule has 1 heterocycles. The highest BCUT2D eigenvalue weighted by molar-refractivity contribution is 5.84. The van der Waals surface area contributed by atoms with Crippen LogP contribution in [-0.2, 0) is 20.7 Å². The average molecular weight is 328 g/mol. The summed E-state index contributed by atoms with van der Waals surface area (Å²) in [5, 5.41) is 4.07. The first-order valence-corrected chi connectivity index (χ1v) is 8.72. The first kappa shape index (κ1) is 16.6. The van der Waals surface area contributed by atoms with Gasteiger partial charge in [-0.3, -0.25) is 9.59 Å². The Morgan fingerprint density at radius 1 is 1.17 bits per heavy atom. The minimum Gasteiger partial charge on any atom is -0.456 e. The number of aryl methyl sites for hydroxylation is 1. The molecule has 24 heavy (non-hydrogen) atoms. The largest absolute Gasteiger partial charge is 0.456 e. The summed E-state index contributed by atoms with van der Waals surface area (Å²) in [5.74, 6) is -0.526. The number of hydrogen-bond donors (Lipinski definition) is 2. The zero-order chi connectivity index (χ0) is 16.8. The molecular formula is C19H24N2O3. The first-order chi connectivity index (χ1) is 11.7. The standard InChI is InChI=1S/C19H24N2O3/c22-18(21-15-6-2-1-3-7-15)13-24-19(23)11-10-14-12-20-17-9-5-4-8-16(14)17/h4-5,8-9,12,15,20H,1-3,6-7,10-11,13H2,(H,21,22). The highest BCUT2D eigenvalue weighted by Gasteiger charge is 2.16. The lowest BCUT2D eigenvalue weighted by atomic mass is 9.95. The van der Waals surface area contributed by atoms with Crippen LogP contribution in [0.3, 0.4) is 0 Å². The molecule has 0 unspecified atom stereocenters. The second-order valence-corrected chi connectivity index (χ2v) is 6.42. The van der Waals surface area contributed by atoms with Gasteiger partial charge in [-0.25, -0.2) is 0 Å². The molecule has 0 spiro atoms. The summed E-state index contributed by atoms with van der Waals surface area (Å²) in [4.78, 5) is 26.9. The van der Waals surface area contributed by atoms with Gasteiger partial charge in [-0.05, 0) is 30.9 Å². The number of ether oxygens (including phenoxy) is 1. The number of nitrogens with one attached hydrogen (secondary N) is 2. The van der Waals surface area contributed by atoms with Crippen molar-refractivity contribution < 1.29 is 14.3 Å². The van der Waals surface area contributed by atoms with E-state index in [0.29, 0.717) is 6.42 Å². The highest BCUT2D eigenvalue weighted by Crippen LogP contribution is 2.19. The molecule has 2 N–H and O–H groups in total. The van der Waals surface area contributed by atoms with Gasteiger partial charge < -0.3 is 15.0 Å². The molecule has 1 aliphatic carbocycles. The van der Waals surface area contributed by atoms with E-state index in [0.717, 1.165) is 42.1 Å². The Morgan fingerprint density at radius 2 is 1.96 bits per heavy atom. The number of aromatic amines is 1. The normalized spacial score (nSPS) is 15.3. The summed E-state index contributed by atoms with van der Waals surface area (Å²) in [6, 6.07) is 8.24. The zero-order valence-electron chi connectivity index (χ0n) is 13.8. The molecule has 128 valence electrons. The van der Waals surface area contributed by atoms with E-state index in [4.69, 9.17) is 4.74 Å². The van der Waals surface area contributed by atoms with Crippen LogP contribution in [0.15, 0.2) is 30.5 Å². The predicted molar refractivity (Wildman–Crippen MR) is 92.6 cm³/mol. The molecular weight excluding hydrogens is 304 g/mol. The Hall–Kier alpha value is -2.30. The minimum absolute atomic E-state index is 0.177. The molecule has 2 aromatic rings. The molecule has 0 bridgehead atoms. The van der Waals surface area contributed by atoms with Crippen molar-refractivity contribution >= 4 is 22.8 Å². The van der Waals surface area contributed by atoms with E-state index in [1.807, 2.05) is 30.5 Å². The number of fused-ring (bicyclic) bond motifs is 1. The fraction of sp³-hybridized carbons (Fsp3) is 0.474. The number of amides is 1. The van der Waals surface area contributed by atoms with Crippen LogP contribution in [0.5, 0.6) is 0 Å². The van der Waals surface area contributed by atoms with Gasteiger partial charge in [0.25, 0.3) is 5.91 Å². The van der Waals surface area contributed by atoms with E-state index in [-0.39, 0.29) is 30.9 Å². The fourth-order valence-corrected chi connectivity index (χ4v) is 3.31. The van der Waals surface area contributed by atoms with E-state index in [2.05, 4.69) is 10.3 Å². The predicted octanol–water partition coefficient (Wildman–Crippen LogP) is 3.09. The van der Waals surface area contributed by atoms with E-state index >= 15 is 0 Å². The van der Waals surface area contributed by atoms with Crippen molar-refractivity contribution in [2.75, 3.05) is 6.61 Å². The van der Waals surface area contributed by atoms with Crippen LogP contribution in [0.1, 0.15) is 44.1 Å². The molecule has 1 aliphatic rings. The van der Waals surface area contributed by atoms with Crippen LogP contribution in [-0.4, -0.2) is 29.5 Å². The molecule has 5 nitrogen and oxygen atoms in total. The summed E-state index contributed by atoms with van der Waals surface area (Å²) < 4.78 is 5.09. The molecule has 1 aromatic heterocycles. The first-order valence-electron chi connectivity index (χ1n) is 8.72. The highest BCUT2D eigenvalue weighted by atomic mass is 16.5. The Bertz CT molecular complexity index is 701. The summed E-state index contributed by atoms with van der Waals surface area (Å²) in [6.07, 6.45) is 8.43. The second-order valence-electron chi connectivity index (χ2n) is 6.42. The van der Waals surface area contributed by atoms with E-state index in [1.54, 1.807) is 0 Å². The van der Waals surface area contributed by atoms with Gasteiger partial charge in [0.05, 0.1) is 0 Å². The Balaban J connectivity index is 1.40. The van der Waals surface area contributed by atoms with Crippen LogP contribution < -0.4 is 5.32 Å². The average Bonchev–Trinajstić information content (AvgIpc) is 3.02. The Labute approximate surface area is 141 Å². The molecule has 1 saturated carbocycles. The number of hydrogen-bond acceptors (Lipinski definition) is 3. The number of carbonyl (C=O) groups is 2. The topological polar surface area (TPSA) is 71.2 Å². The molecule has 1 fully saturated rings. The Morgan fingerprint density at radius 3 is 2.79 bits per heavy atom. The van der Waals surface area contributed by atoms with Crippen LogP contribution >= 0.6 is 0 Å². The summed E-state index contributed by atoms with van der Waals surface area (Å²) in [5.41, 5.74) is 2.15. The molecule has 1 aromatic carbocycles.